The summed E-state index contributed by atoms with van der Waals surface area (Å²) >= 11 is 1.88. The van der Waals surface area contributed by atoms with Crippen molar-refractivity contribution in [2.75, 3.05) is 0 Å². The van der Waals surface area contributed by atoms with Gasteiger partial charge in [0.25, 0.3) is 0 Å². The fourth-order valence-corrected chi connectivity index (χ4v) is 10.1. The molecule has 0 aliphatic heterocycles. The number of fused-ring (bicyclic) bond motifs is 9. The standard InChI is InChI=1S/C54H34N2S/c1-3-11-35(12-4-1)37-19-25-41(26-20-37)55-49-17-9-7-15-43(49)45-31-39(23-29-50(45)55)40-24-30-51-46(32-40)47-34-54-48(44-16-8-10-18-53(44)57-54)33-52(47)56(51)42-27-21-38(22-28-42)36-13-5-2-6-14-36/h1-34H. The second kappa shape index (κ2) is 12.7. The normalized spacial score (nSPS) is 11.9. The quantitative estimate of drug-likeness (QED) is 0.166. The van der Waals surface area contributed by atoms with E-state index in [0.717, 1.165) is 11.4 Å². The van der Waals surface area contributed by atoms with Gasteiger partial charge in [0.05, 0.1) is 22.1 Å². The third-order valence-corrected chi connectivity index (χ3v) is 12.9. The number of benzene rings is 9. The molecule has 0 saturated carbocycles. The van der Waals surface area contributed by atoms with Gasteiger partial charge in [-0.1, -0.05) is 133 Å². The first-order valence-electron chi connectivity index (χ1n) is 19.5. The Labute approximate surface area is 333 Å². The van der Waals surface area contributed by atoms with E-state index in [1.165, 1.54) is 97.2 Å². The van der Waals surface area contributed by atoms with Gasteiger partial charge >= 0.3 is 0 Å². The zero-order valence-corrected chi connectivity index (χ0v) is 31.7. The number of nitrogens with zero attached hydrogens (tertiary/aromatic N) is 2. The Bertz CT molecular complexity index is 3480. The highest BCUT2D eigenvalue weighted by Gasteiger charge is 2.18. The maximum absolute atomic E-state index is 2.45. The van der Waals surface area contributed by atoms with E-state index in [-0.39, 0.29) is 0 Å². The number of hydrogen-bond donors (Lipinski definition) is 0. The maximum atomic E-state index is 2.45. The fourth-order valence-electron chi connectivity index (χ4n) is 8.99. The van der Waals surface area contributed by atoms with Gasteiger partial charge in [-0.05, 0) is 106 Å². The predicted octanol–water partition coefficient (Wildman–Crippen LogP) is 15.2. The lowest BCUT2D eigenvalue weighted by Gasteiger charge is -2.11. The minimum Gasteiger partial charge on any atom is -0.309 e. The summed E-state index contributed by atoms with van der Waals surface area (Å²) < 4.78 is 7.50. The van der Waals surface area contributed by atoms with Gasteiger partial charge in [0, 0.05) is 53.1 Å². The first kappa shape index (κ1) is 32.1. The van der Waals surface area contributed by atoms with Gasteiger partial charge in [-0.3, -0.25) is 0 Å². The topological polar surface area (TPSA) is 9.86 Å². The van der Waals surface area contributed by atoms with E-state index in [2.05, 4.69) is 215 Å². The van der Waals surface area contributed by atoms with E-state index >= 15 is 0 Å². The molecule has 2 nitrogen and oxygen atoms in total. The zero-order valence-electron chi connectivity index (χ0n) is 30.9. The van der Waals surface area contributed by atoms with Crippen LogP contribution < -0.4 is 0 Å². The predicted molar refractivity (Wildman–Crippen MR) is 244 cm³/mol. The van der Waals surface area contributed by atoms with Gasteiger partial charge in [0.2, 0.25) is 0 Å². The number of thiophene rings is 1. The van der Waals surface area contributed by atoms with Crippen molar-refractivity contribution in [2.45, 2.75) is 0 Å². The average molecular weight is 743 g/mol. The average Bonchev–Trinajstić information content (AvgIpc) is 3.93. The second-order valence-corrected chi connectivity index (χ2v) is 16.0. The van der Waals surface area contributed by atoms with Crippen molar-refractivity contribution in [3.63, 3.8) is 0 Å². The Morgan fingerprint density at radius 1 is 0.246 bits per heavy atom. The molecule has 3 heteroatoms. The van der Waals surface area contributed by atoms with Gasteiger partial charge < -0.3 is 9.13 Å². The second-order valence-electron chi connectivity index (χ2n) is 14.9. The summed E-state index contributed by atoms with van der Waals surface area (Å²) in [6.45, 7) is 0. The smallest absolute Gasteiger partial charge is 0.0548 e. The van der Waals surface area contributed by atoms with Crippen LogP contribution in [0, 0.1) is 0 Å². The van der Waals surface area contributed by atoms with E-state index in [1.807, 2.05) is 11.3 Å². The molecule has 3 aromatic heterocycles. The summed E-state index contributed by atoms with van der Waals surface area (Å²) in [7, 11) is 0. The largest absolute Gasteiger partial charge is 0.309 e. The summed E-state index contributed by atoms with van der Waals surface area (Å²) in [6, 6.07) is 75.6. The minimum atomic E-state index is 1.16. The Hall–Kier alpha value is -7.20. The molecule has 12 aromatic rings. The van der Waals surface area contributed by atoms with Crippen LogP contribution in [0.2, 0.25) is 0 Å². The first-order chi connectivity index (χ1) is 28.2. The lowest BCUT2D eigenvalue weighted by molar-refractivity contribution is 1.18. The Kier molecular flexibility index (Phi) is 7.13. The van der Waals surface area contributed by atoms with Crippen LogP contribution in [0.1, 0.15) is 0 Å². The molecule has 57 heavy (non-hydrogen) atoms. The monoisotopic (exact) mass is 742 g/mol. The Morgan fingerprint density at radius 3 is 1.30 bits per heavy atom. The van der Waals surface area contributed by atoms with Crippen molar-refractivity contribution in [3.05, 3.63) is 206 Å². The van der Waals surface area contributed by atoms with Crippen molar-refractivity contribution in [1.29, 1.82) is 0 Å². The molecule has 0 unspecified atom stereocenters. The molecule has 0 atom stereocenters. The molecule has 0 saturated heterocycles. The molecule has 9 aromatic carbocycles. The summed E-state index contributed by atoms with van der Waals surface area (Å²) in [5.74, 6) is 0. The molecule has 0 spiro atoms. The SMILES string of the molecule is c1ccc(-c2ccc(-n3c4ccccc4c4cc(-c5ccc6c(c5)c5cc7sc8ccccc8c7cc5n6-c5ccc(-c6ccccc6)cc5)ccc43)cc2)cc1. The molecule has 0 aliphatic carbocycles. The number of rotatable bonds is 5. The number of aromatic nitrogens is 2. The summed E-state index contributed by atoms with van der Waals surface area (Å²) in [5, 5.41) is 7.67. The first-order valence-corrected chi connectivity index (χ1v) is 20.3. The Morgan fingerprint density at radius 2 is 0.684 bits per heavy atom. The molecular formula is C54H34N2S. The van der Waals surface area contributed by atoms with Crippen LogP contribution in [0.4, 0.5) is 0 Å². The van der Waals surface area contributed by atoms with Crippen LogP contribution in [0.5, 0.6) is 0 Å². The lowest BCUT2D eigenvalue weighted by Crippen LogP contribution is -1.94. The van der Waals surface area contributed by atoms with Crippen LogP contribution in [-0.4, -0.2) is 9.13 Å². The highest BCUT2D eigenvalue weighted by molar-refractivity contribution is 7.25. The zero-order chi connectivity index (χ0) is 37.5. The van der Waals surface area contributed by atoms with Crippen molar-refractivity contribution in [3.8, 4) is 44.8 Å². The van der Waals surface area contributed by atoms with Crippen molar-refractivity contribution in [2.24, 2.45) is 0 Å². The molecule has 0 amide bonds. The van der Waals surface area contributed by atoms with Crippen molar-refractivity contribution >= 4 is 75.1 Å². The third-order valence-electron chi connectivity index (χ3n) is 11.7. The molecule has 0 radical (unpaired) electrons. The summed E-state index contributed by atoms with van der Waals surface area (Å²) in [6.07, 6.45) is 0. The van der Waals surface area contributed by atoms with Gasteiger partial charge in [0.1, 0.15) is 0 Å². The van der Waals surface area contributed by atoms with Gasteiger partial charge in [-0.2, -0.15) is 0 Å². The van der Waals surface area contributed by atoms with E-state index in [4.69, 9.17) is 0 Å². The maximum Gasteiger partial charge on any atom is 0.0548 e. The van der Waals surface area contributed by atoms with Crippen LogP contribution in [0.3, 0.4) is 0 Å². The molecule has 266 valence electrons. The third kappa shape index (κ3) is 5.10. The fraction of sp³-hybridized carbons (Fsp3) is 0. The van der Waals surface area contributed by atoms with Crippen molar-refractivity contribution in [1.82, 2.24) is 9.13 Å². The highest BCUT2D eigenvalue weighted by Crippen LogP contribution is 2.43. The summed E-state index contributed by atoms with van der Waals surface area (Å²) in [4.78, 5) is 0. The molecule has 12 rings (SSSR count). The van der Waals surface area contributed by atoms with Crippen LogP contribution in [-0.2, 0) is 0 Å². The minimum absolute atomic E-state index is 1.16. The van der Waals surface area contributed by atoms with Gasteiger partial charge in [-0.25, -0.2) is 0 Å². The van der Waals surface area contributed by atoms with E-state index in [0.29, 0.717) is 0 Å². The molecule has 3 heterocycles. The van der Waals surface area contributed by atoms with E-state index in [9.17, 15) is 0 Å². The Balaban J connectivity index is 1.03. The molecule has 0 fully saturated rings. The van der Waals surface area contributed by atoms with E-state index < -0.39 is 0 Å². The van der Waals surface area contributed by atoms with Gasteiger partial charge in [0.15, 0.2) is 0 Å². The number of hydrogen-bond acceptors (Lipinski definition) is 1. The van der Waals surface area contributed by atoms with Gasteiger partial charge in [-0.15, -0.1) is 11.3 Å². The van der Waals surface area contributed by atoms with Crippen LogP contribution >= 0.6 is 11.3 Å². The van der Waals surface area contributed by atoms with Crippen LogP contribution in [0.25, 0.3) is 109 Å². The highest BCUT2D eigenvalue weighted by atomic mass is 32.1. The molecule has 0 N–H and O–H groups in total. The summed E-state index contributed by atoms with van der Waals surface area (Å²) in [5.41, 5.74) is 14.5. The molecule has 0 bridgehead atoms. The van der Waals surface area contributed by atoms with E-state index in [1.54, 1.807) is 0 Å². The molecule has 0 aliphatic rings. The van der Waals surface area contributed by atoms with Crippen molar-refractivity contribution < 1.29 is 0 Å². The molecular weight excluding hydrogens is 709 g/mol. The number of para-hydroxylation sites is 1. The lowest BCUT2D eigenvalue weighted by atomic mass is 10.0. The van der Waals surface area contributed by atoms with Crippen LogP contribution in [0.15, 0.2) is 206 Å².